The fourth-order valence-corrected chi connectivity index (χ4v) is 3.02. The number of hydrogen-bond acceptors (Lipinski definition) is 6. The number of nitrogens with one attached hydrogen (secondary N) is 1. The first kappa shape index (κ1) is 21.8. The zero-order chi connectivity index (χ0) is 22.2. The highest BCUT2D eigenvalue weighted by molar-refractivity contribution is 6.19. The highest BCUT2D eigenvalue weighted by Gasteiger charge is 2.11. The van der Waals surface area contributed by atoms with E-state index >= 15 is 0 Å². The molecule has 0 saturated heterocycles. The molecule has 2 aromatic rings. The zero-order valence-electron chi connectivity index (χ0n) is 17.7. The maximum Gasteiger partial charge on any atom is 0.251 e. The molecule has 0 radical (unpaired) electrons. The van der Waals surface area contributed by atoms with Gasteiger partial charge in [0.15, 0.2) is 0 Å². The van der Waals surface area contributed by atoms with Crippen LogP contribution in [0.5, 0.6) is 5.75 Å². The highest BCUT2D eigenvalue weighted by atomic mass is 16.5. The summed E-state index contributed by atoms with van der Waals surface area (Å²) in [6.07, 6.45) is 8.34. The van der Waals surface area contributed by atoms with Gasteiger partial charge < -0.3 is 21.5 Å². The molecule has 0 aliphatic heterocycles. The Morgan fingerprint density at radius 1 is 1.03 bits per heavy atom. The molecule has 0 spiro atoms. The number of aliphatic imine (C=N–C) groups is 2. The first-order valence-corrected chi connectivity index (χ1v) is 10.1. The Hall–Kier alpha value is -3.87. The number of nitrogens with two attached hydrogens (primary N) is 2. The second-order valence-corrected chi connectivity index (χ2v) is 7.05. The lowest BCUT2D eigenvalue weighted by Crippen LogP contribution is -2.31. The van der Waals surface area contributed by atoms with Gasteiger partial charge in [-0.25, -0.2) is 4.99 Å². The molecule has 1 aliphatic carbocycles. The van der Waals surface area contributed by atoms with Gasteiger partial charge in [0, 0.05) is 18.2 Å². The molecule has 0 aromatic heterocycles. The first-order valence-electron chi connectivity index (χ1n) is 10.1. The monoisotopic (exact) mass is 417 g/mol. The van der Waals surface area contributed by atoms with Crippen LogP contribution in [0.4, 0.5) is 17.1 Å². The van der Waals surface area contributed by atoms with Crippen molar-refractivity contribution in [2.75, 3.05) is 25.1 Å². The normalized spacial score (nSPS) is 13.6. The van der Waals surface area contributed by atoms with Crippen molar-refractivity contribution in [3.05, 3.63) is 72.3 Å². The number of benzene rings is 2. The molecule has 1 unspecified atom stereocenters. The minimum Gasteiger partial charge on any atom is -0.495 e. The Labute approximate surface area is 182 Å². The SMILES string of the molecule is CCC(CNC(=O)c1ccccc1)N=C1C=CC(=Nc2cc(OC)c(N)cc2N)C=C1. The van der Waals surface area contributed by atoms with Crippen LogP contribution in [0, 0.1) is 0 Å². The van der Waals surface area contributed by atoms with Crippen molar-refractivity contribution in [1.82, 2.24) is 5.32 Å². The summed E-state index contributed by atoms with van der Waals surface area (Å²) < 4.78 is 5.24. The molecule has 2 aromatic carbocycles. The van der Waals surface area contributed by atoms with Gasteiger partial charge in [-0.15, -0.1) is 0 Å². The molecular formula is C24H27N5O2. The average Bonchev–Trinajstić information content (AvgIpc) is 2.79. The summed E-state index contributed by atoms with van der Waals surface area (Å²) in [6, 6.07) is 12.5. The van der Waals surface area contributed by atoms with Crippen LogP contribution in [-0.2, 0) is 0 Å². The van der Waals surface area contributed by atoms with Crippen molar-refractivity contribution in [2.45, 2.75) is 19.4 Å². The summed E-state index contributed by atoms with van der Waals surface area (Å²) in [6.45, 7) is 2.52. The molecule has 7 nitrogen and oxygen atoms in total. The van der Waals surface area contributed by atoms with Gasteiger partial charge in [0.2, 0.25) is 0 Å². The number of nitrogens with zero attached hydrogens (tertiary/aromatic N) is 2. The molecule has 0 heterocycles. The molecule has 1 aliphatic rings. The van der Waals surface area contributed by atoms with Gasteiger partial charge in [0.1, 0.15) is 5.75 Å². The topological polar surface area (TPSA) is 115 Å². The summed E-state index contributed by atoms with van der Waals surface area (Å²) in [5.41, 5.74) is 15.6. The second-order valence-electron chi connectivity index (χ2n) is 7.05. The number of amides is 1. The lowest BCUT2D eigenvalue weighted by atomic mass is 10.1. The van der Waals surface area contributed by atoms with Crippen LogP contribution in [0.2, 0.25) is 0 Å². The van der Waals surface area contributed by atoms with E-state index in [0.717, 1.165) is 17.8 Å². The lowest BCUT2D eigenvalue weighted by Gasteiger charge is -2.13. The third-order valence-corrected chi connectivity index (χ3v) is 4.82. The van der Waals surface area contributed by atoms with Crippen molar-refractivity contribution in [1.29, 1.82) is 0 Å². The molecule has 0 fully saturated rings. The Bertz CT molecular complexity index is 1040. The van der Waals surface area contributed by atoms with Gasteiger partial charge in [-0.2, -0.15) is 0 Å². The quantitative estimate of drug-likeness (QED) is 0.470. The van der Waals surface area contributed by atoms with E-state index in [9.17, 15) is 4.79 Å². The van der Waals surface area contributed by atoms with Gasteiger partial charge in [0.05, 0.1) is 41.6 Å². The van der Waals surface area contributed by atoms with Gasteiger partial charge >= 0.3 is 0 Å². The van der Waals surface area contributed by atoms with E-state index in [1.807, 2.05) is 49.4 Å². The lowest BCUT2D eigenvalue weighted by molar-refractivity contribution is 0.0951. The van der Waals surface area contributed by atoms with Crippen molar-refractivity contribution in [2.24, 2.45) is 9.98 Å². The second kappa shape index (κ2) is 10.2. The van der Waals surface area contributed by atoms with Crippen LogP contribution in [0.15, 0.2) is 76.8 Å². The molecule has 31 heavy (non-hydrogen) atoms. The molecule has 5 N–H and O–H groups in total. The van der Waals surface area contributed by atoms with Crippen LogP contribution in [-0.4, -0.2) is 37.0 Å². The number of hydrogen-bond donors (Lipinski definition) is 3. The largest absolute Gasteiger partial charge is 0.495 e. The Morgan fingerprint density at radius 2 is 1.71 bits per heavy atom. The number of anilines is 2. The maximum atomic E-state index is 12.2. The molecule has 0 bridgehead atoms. The number of ether oxygens (including phenoxy) is 1. The van der Waals surface area contributed by atoms with E-state index in [-0.39, 0.29) is 11.9 Å². The number of carbonyl (C=O) groups excluding carboxylic acids is 1. The van der Waals surface area contributed by atoms with Crippen LogP contribution < -0.4 is 21.5 Å². The maximum absolute atomic E-state index is 12.2. The Morgan fingerprint density at radius 3 is 2.35 bits per heavy atom. The molecule has 0 saturated carbocycles. The number of nitrogen functional groups attached to an aromatic ring is 2. The molecule has 1 amide bonds. The standard InChI is InChI=1S/C24H27N5O2/c1-3-17(15-27-24(30)16-7-5-4-6-8-16)28-18-9-11-19(12-10-18)29-22-14-23(31-2)21(26)13-20(22)25/h4-14,17H,3,15,25-26H2,1-2H3,(H,27,30). The predicted molar refractivity (Wildman–Crippen MR) is 127 cm³/mol. The van der Waals surface area contributed by atoms with Crippen molar-refractivity contribution in [3.63, 3.8) is 0 Å². The van der Waals surface area contributed by atoms with Gasteiger partial charge in [-0.05, 0) is 48.9 Å². The summed E-state index contributed by atoms with van der Waals surface area (Å²) in [5, 5.41) is 2.95. The van der Waals surface area contributed by atoms with Crippen molar-refractivity contribution < 1.29 is 9.53 Å². The van der Waals surface area contributed by atoms with E-state index in [1.54, 1.807) is 31.4 Å². The summed E-state index contributed by atoms with van der Waals surface area (Å²) in [5.74, 6) is 0.433. The summed E-state index contributed by atoms with van der Waals surface area (Å²) >= 11 is 0. The van der Waals surface area contributed by atoms with Crippen LogP contribution >= 0.6 is 0 Å². The molecule has 160 valence electrons. The van der Waals surface area contributed by atoms with E-state index in [0.29, 0.717) is 34.9 Å². The number of carbonyl (C=O) groups is 1. The van der Waals surface area contributed by atoms with Crippen LogP contribution in [0.1, 0.15) is 23.7 Å². The third-order valence-electron chi connectivity index (χ3n) is 4.82. The van der Waals surface area contributed by atoms with Crippen molar-refractivity contribution >= 4 is 34.4 Å². The third kappa shape index (κ3) is 5.82. The van der Waals surface area contributed by atoms with Gasteiger partial charge in [-0.3, -0.25) is 9.79 Å². The number of rotatable bonds is 7. The molecule has 3 rings (SSSR count). The molecule has 7 heteroatoms. The summed E-state index contributed by atoms with van der Waals surface area (Å²) in [4.78, 5) is 21.5. The fraction of sp³-hybridized carbons (Fsp3) is 0.208. The average molecular weight is 418 g/mol. The van der Waals surface area contributed by atoms with E-state index in [2.05, 4.69) is 10.3 Å². The summed E-state index contributed by atoms with van der Waals surface area (Å²) in [7, 11) is 1.55. The predicted octanol–water partition coefficient (Wildman–Crippen LogP) is 3.71. The van der Waals surface area contributed by atoms with Gasteiger partial charge in [0.25, 0.3) is 5.91 Å². The van der Waals surface area contributed by atoms with E-state index in [1.165, 1.54) is 0 Å². The first-order chi connectivity index (χ1) is 15.0. The Kier molecular flexibility index (Phi) is 7.22. The number of allylic oxidation sites excluding steroid dienone is 4. The smallest absolute Gasteiger partial charge is 0.251 e. The minimum atomic E-state index is -0.0973. The Balaban J connectivity index is 1.65. The van der Waals surface area contributed by atoms with Crippen molar-refractivity contribution in [3.8, 4) is 5.75 Å². The van der Waals surface area contributed by atoms with Crippen LogP contribution in [0.3, 0.4) is 0 Å². The van der Waals surface area contributed by atoms with E-state index < -0.39 is 0 Å². The number of methoxy groups -OCH3 is 1. The fourth-order valence-electron chi connectivity index (χ4n) is 3.02. The van der Waals surface area contributed by atoms with Gasteiger partial charge in [-0.1, -0.05) is 25.1 Å². The minimum absolute atomic E-state index is 0.0209. The van der Waals surface area contributed by atoms with Crippen LogP contribution in [0.25, 0.3) is 0 Å². The molecular weight excluding hydrogens is 390 g/mol. The highest BCUT2D eigenvalue weighted by Crippen LogP contribution is 2.33. The van der Waals surface area contributed by atoms with E-state index in [4.69, 9.17) is 21.2 Å². The molecule has 1 atom stereocenters. The zero-order valence-corrected chi connectivity index (χ0v) is 17.7.